The van der Waals surface area contributed by atoms with Crippen LogP contribution in [0.4, 0.5) is 0 Å². The Morgan fingerprint density at radius 3 is 1.86 bits per heavy atom. The van der Waals surface area contributed by atoms with Crippen molar-refractivity contribution >= 4 is 28.0 Å². The number of aromatic amines is 2. The van der Waals surface area contributed by atoms with E-state index in [9.17, 15) is 4.79 Å². The Balaban J connectivity index is 1.68. The third-order valence-corrected chi connectivity index (χ3v) is 5.22. The molecule has 2 aromatic heterocycles. The van der Waals surface area contributed by atoms with Crippen molar-refractivity contribution in [2.45, 2.75) is 32.9 Å². The number of imidazole rings is 2. The van der Waals surface area contributed by atoms with Gasteiger partial charge in [-0.1, -0.05) is 24.3 Å². The molecule has 150 valence electrons. The van der Waals surface area contributed by atoms with Gasteiger partial charge in [0.2, 0.25) is 0 Å². The maximum atomic E-state index is 12.3. The zero-order valence-corrected chi connectivity index (χ0v) is 16.8. The molecule has 2 N–H and O–H groups in total. The first-order valence-electron chi connectivity index (χ1n) is 9.87. The zero-order valence-electron chi connectivity index (χ0n) is 16.8. The Kier molecular flexibility index (Phi) is 5.31. The molecule has 2 heterocycles. The maximum absolute atomic E-state index is 12.3. The summed E-state index contributed by atoms with van der Waals surface area (Å²) in [4.78, 5) is 30.6. The fraction of sp³-hybridized carbons (Fsp3) is 0.318. The Labute approximate surface area is 169 Å². The number of carbonyl (C=O) groups is 1. The van der Waals surface area contributed by atoms with E-state index in [1.165, 1.54) is 0 Å². The number of nitrogens with zero attached hydrogens (tertiary/aromatic N) is 3. The van der Waals surface area contributed by atoms with Crippen molar-refractivity contribution in [3.63, 3.8) is 0 Å². The van der Waals surface area contributed by atoms with Crippen molar-refractivity contribution in [1.29, 1.82) is 0 Å². The number of fused-ring (bicyclic) bond motifs is 2. The minimum Gasteiger partial charge on any atom is -0.465 e. The number of carbonyl (C=O) groups excluding carboxylic acids is 1. The molecule has 0 radical (unpaired) electrons. The highest BCUT2D eigenvalue weighted by Gasteiger charge is 2.29. The number of hydrogen-bond acceptors (Lipinski definition) is 5. The van der Waals surface area contributed by atoms with Gasteiger partial charge < -0.3 is 14.7 Å². The molecule has 7 heteroatoms. The van der Waals surface area contributed by atoms with Crippen LogP contribution in [-0.2, 0) is 9.53 Å². The molecule has 0 spiro atoms. The van der Waals surface area contributed by atoms with Crippen molar-refractivity contribution in [3.05, 3.63) is 60.2 Å². The molecule has 7 nitrogen and oxygen atoms in total. The van der Waals surface area contributed by atoms with E-state index < -0.39 is 0 Å². The lowest BCUT2D eigenvalue weighted by atomic mass is 10.1. The smallest absolute Gasteiger partial charge is 0.320 e. The van der Waals surface area contributed by atoms with Gasteiger partial charge in [0.15, 0.2) is 0 Å². The number of rotatable bonds is 7. The molecule has 2 unspecified atom stereocenters. The number of ether oxygens (including phenoxy) is 1. The van der Waals surface area contributed by atoms with Gasteiger partial charge in [0.25, 0.3) is 0 Å². The molecule has 0 bridgehead atoms. The van der Waals surface area contributed by atoms with Crippen LogP contribution in [-0.4, -0.2) is 44.0 Å². The molecule has 29 heavy (non-hydrogen) atoms. The molecule has 2 atom stereocenters. The molecule has 0 fully saturated rings. The Morgan fingerprint density at radius 2 is 1.41 bits per heavy atom. The van der Waals surface area contributed by atoms with E-state index in [1.807, 2.05) is 74.2 Å². The van der Waals surface area contributed by atoms with E-state index in [0.717, 1.165) is 33.7 Å². The lowest BCUT2D eigenvalue weighted by Gasteiger charge is -2.31. The average Bonchev–Trinajstić information content (AvgIpc) is 3.35. The highest BCUT2D eigenvalue weighted by atomic mass is 16.5. The summed E-state index contributed by atoms with van der Waals surface area (Å²) in [7, 11) is 0. The monoisotopic (exact) mass is 391 g/mol. The number of para-hydroxylation sites is 4. The lowest BCUT2D eigenvalue weighted by Crippen LogP contribution is -2.36. The topological polar surface area (TPSA) is 86.9 Å². The molecule has 0 saturated carbocycles. The van der Waals surface area contributed by atoms with Gasteiger partial charge in [0.1, 0.15) is 11.6 Å². The number of hydrogen-bond donors (Lipinski definition) is 2. The van der Waals surface area contributed by atoms with E-state index >= 15 is 0 Å². The molecule has 0 aliphatic heterocycles. The van der Waals surface area contributed by atoms with Gasteiger partial charge in [-0.15, -0.1) is 0 Å². The highest BCUT2D eigenvalue weighted by Crippen LogP contribution is 2.30. The summed E-state index contributed by atoms with van der Waals surface area (Å²) >= 11 is 0. The van der Waals surface area contributed by atoms with Gasteiger partial charge in [-0.3, -0.25) is 9.69 Å². The number of benzene rings is 2. The fourth-order valence-electron chi connectivity index (χ4n) is 3.62. The predicted octanol–water partition coefficient (Wildman–Crippen LogP) is 4.13. The maximum Gasteiger partial charge on any atom is 0.320 e. The second kappa shape index (κ2) is 8.05. The first-order valence-corrected chi connectivity index (χ1v) is 9.87. The molecule has 0 amide bonds. The van der Waals surface area contributed by atoms with Crippen LogP contribution in [0.3, 0.4) is 0 Å². The highest BCUT2D eigenvalue weighted by molar-refractivity contribution is 5.76. The Bertz CT molecular complexity index is 986. The van der Waals surface area contributed by atoms with E-state index in [0.29, 0.717) is 6.61 Å². The molecule has 2 aromatic carbocycles. The van der Waals surface area contributed by atoms with Crippen LogP contribution in [0.25, 0.3) is 22.1 Å². The summed E-state index contributed by atoms with van der Waals surface area (Å²) in [5.74, 6) is 1.34. The van der Waals surface area contributed by atoms with Crippen molar-refractivity contribution in [2.24, 2.45) is 0 Å². The zero-order chi connectivity index (χ0) is 20.4. The van der Waals surface area contributed by atoms with Crippen LogP contribution in [0.2, 0.25) is 0 Å². The van der Waals surface area contributed by atoms with Crippen molar-refractivity contribution in [1.82, 2.24) is 24.8 Å². The average molecular weight is 391 g/mol. The van der Waals surface area contributed by atoms with Gasteiger partial charge in [0.05, 0.1) is 47.3 Å². The predicted molar refractivity (Wildman–Crippen MR) is 112 cm³/mol. The quantitative estimate of drug-likeness (QED) is 0.463. The fourth-order valence-corrected chi connectivity index (χ4v) is 3.62. The van der Waals surface area contributed by atoms with Gasteiger partial charge in [-0.2, -0.15) is 0 Å². The minimum atomic E-state index is -0.265. The summed E-state index contributed by atoms with van der Waals surface area (Å²) < 4.78 is 5.22. The molecular formula is C22H25N5O2. The normalized spacial score (nSPS) is 13.8. The molecule has 0 aliphatic carbocycles. The van der Waals surface area contributed by atoms with Gasteiger partial charge in [-0.05, 0) is 45.0 Å². The number of aromatic nitrogens is 4. The van der Waals surface area contributed by atoms with Crippen LogP contribution in [0.5, 0.6) is 0 Å². The Hall–Kier alpha value is -3.19. The number of nitrogens with one attached hydrogen (secondary N) is 2. The molecular weight excluding hydrogens is 366 g/mol. The minimum absolute atomic E-state index is 0.143. The molecule has 0 aliphatic rings. The standard InChI is InChI=1S/C22H25N5O2/c1-4-29-20(28)13-27(14(2)21-23-16-9-5-6-10-17(16)24-21)15(3)22-25-18-11-7-8-12-19(18)26-22/h5-12,14-15H,4,13H2,1-3H3,(H,23,24)(H,25,26). The third-order valence-electron chi connectivity index (χ3n) is 5.22. The van der Waals surface area contributed by atoms with Gasteiger partial charge in [-0.25, -0.2) is 9.97 Å². The summed E-state index contributed by atoms with van der Waals surface area (Å²) in [6.45, 7) is 6.38. The van der Waals surface area contributed by atoms with Crippen LogP contribution >= 0.6 is 0 Å². The van der Waals surface area contributed by atoms with Crippen molar-refractivity contribution < 1.29 is 9.53 Å². The molecule has 4 aromatic rings. The molecule has 4 rings (SSSR count). The largest absolute Gasteiger partial charge is 0.465 e. The van der Waals surface area contributed by atoms with E-state index in [1.54, 1.807) is 0 Å². The van der Waals surface area contributed by atoms with Gasteiger partial charge in [0, 0.05) is 0 Å². The summed E-state index contributed by atoms with van der Waals surface area (Å²) in [5, 5.41) is 0. The first-order chi connectivity index (χ1) is 14.1. The third kappa shape index (κ3) is 3.86. The van der Waals surface area contributed by atoms with Crippen molar-refractivity contribution in [2.75, 3.05) is 13.2 Å². The SMILES string of the molecule is CCOC(=O)CN(C(C)c1nc2ccccc2[nH]1)C(C)c1nc2ccccc2[nH]1. The van der Waals surface area contributed by atoms with Gasteiger partial charge >= 0.3 is 5.97 Å². The second-order valence-corrected chi connectivity index (χ2v) is 7.11. The van der Waals surface area contributed by atoms with Crippen LogP contribution in [0, 0.1) is 0 Å². The van der Waals surface area contributed by atoms with E-state index in [-0.39, 0.29) is 24.6 Å². The first kappa shape index (κ1) is 19.1. The summed E-state index contributed by atoms with van der Waals surface area (Å²) in [5.41, 5.74) is 3.76. The molecule has 0 saturated heterocycles. The van der Waals surface area contributed by atoms with Crippen LogP contribution < -0.4 is 0 Å². The summed E-state index contributed by atoms with van der Waals surface area (Å²) in [6, 6.07) is 15.5. The second-order valence-electron chi connectivity index (χ2n) is 7.11. The summed E-state index contributed by atoms with van der Waals surface area (Å²) in [6.07, 6.45) is 0. The Morgan fingerprint density at radius 1 is 0.931 bits per heavy atom. The number of esters is 1. The number of H-pyrrole nitrogens is 2. The van der Waals surface area contributed by atoms with E-state index in [2.05, 4.69) is 9.97 Å². The van der Waals surface area contributed by atoms with E-state index in [4.69, 9.17) is 14.7 Å². The van der Waals surface area contributed by atoms with Crippen LogP contribution in [0.1, 0.15) is 44.5 Å². The van der Waals surface area contributed by atoms with Crippen molar-refractivity contribution in [3.8, 4) is 0 Å². The van der Waals surface area contributed by atoms with Crippen LogP contribution in [0.15, 0.2) is 48.5 Å². The lowest BCUT2D eigenvalue weighted by molar-refractivity contribution is -0.145.